The number of carbonyl (C=O) groups excluding carboxylic acids is 1. The van der Waals surface area contributed by atoms with Crippen molar-refractivity contribution in [2.75, 3.05) is 13.1 Å². The number of ether oxygens (including phenoxy) is 2. The van der Waals surface area contributed by atoms with Crippen LogP contribution >= 0.6 is 0 Å². The summed E-state index contributed by atoms with van der Waals surface area (Å²) in [6.07, 6.45) is 1.56. The van der Waals surface area contributed by atoms with Crippen molar-refractivity contribution >= 4 is 5.91 Å². The standard InChI is InChI=1S/C26H31F2NO4.H2/c1-16(2)32-23-15-26(33-22-14-18(27)6-7-19(22)23)9-11-29(12-10-26)24(30)17-5-8-20(21(28)13-17)25(3,4)31;/h5-8,13-14,16,23,31H,9-12,15H2,1-4H3;1H/t23-;/m0./s1. The minimum absolute atomic E-state index is 0. The van der Waals surface area contributed by atoms with Crippen LogP contribution in [-0.2, 0) is 10.3 Å². The Morgan fingerprint density at radius 2 is 1.91 bits per heavy atom. The first-order valence-corrected chi connectivity index (χ1v) is 11.4. The first-order chi connectivity index (χ1) is 15.5. The van der Waals surface area contributed by atoms with Gasteiger partial charge in [-0.25, -0.2) is 8.78 Å². The molecule has 0 bridgehead atoms. The lowest BCUT2D eigenvalue weighted by atomic mass is 9.81. The van der Waals surface area contributed by atoms with E-state index in [1.165, 1.54) is 38.1 Å². The number of hydrogen-bond acceptors (Lipinski definition) is 4. The van der Waals surface area contributed by atoms with Gasteiger partial charge in [0.15, 0.2) is 0 Å². The second kappa shape index (κ2) is 8.69. The summed E-state index contributed by atoms with van der Waals surface area (Å²) in [6, 6.07) is 8.72. The monoisotopic (exact) mass is 461 g/mol. The molecular weight excluding hydrogens is 428 g/mol. The van der Waals surface area contributed by atoms with Gasteiger partial charge in [-0.1, -0.05) is 6.07 Å². The molecular formula is C26H33F2NO4. The second-order valence-corrected chi connectivity index (χ2v) is 9.89. The van der Waals surface area contributed by atoms with Crippen molar-refractivity contribution in [1.29, 1.82) is 0 Å². The molecule has 2 aromatic rings. The van der Waals surface area contributed by atoms with E-state index < -0.39 is 17.0 Å². The van der Waals surface area contributed by atoms with E-state index in [-0.39, 0.29) is 36.5 Å². The Labute approximate surface area is 194 Å². The number of rotatable bonds is 4. The lowest BCUT2D eigenvalue weighted by Crippen LogP contribution is -2.52. The average Bonchev–Trinajstić information content (AvgIpc) is 2.72. The van der Waals surface area contributed by atoms with E-state index in [0.29, 0.717) is 38.1 Å². The number of hydrogen-bond donors (Lipinski definition) is 1. The summed E-state index contributed by atoms with van der Waals surface area (Å²) < 4.78 is 40.8. The predicted octanol–water partition coefficient (Wildman–Crippen LogP) is 5.36. The Balaban J connectivity index is 0.00000324. The van der Waals surface area contributed by atoms with Gasteiger partial charge < -0.3 is 19.5 Å². The first kappa shape index (κ1) is 23.6. The van der Waals surface area contributed by atoms with E-state index in [0.717, 1.165) is 5.56 Å². The molecule has 2 aliphatic heterocycles. The zero-order valence-corrected chi connectivity index (χ0v) is 19.5. The maximum Gasteiger partial charge on any atom is 0.253 e. The molecule has 2 heterocycles. The van der Waals surface area contributed by atoms with Crippen LogP contribution in [0, 0.1) is 11.6 Å². The molecule has 33 heavy (non-hydrogen) atoms. The summed E-state index contributed by atoms with van der Waals surface area (Å²) in [6.45, 7) is 7.81. The van der Waals surface area contributed by atoms with Crippen LogP contribution < -0.4 is 4.74 Å². The van der Waals surface area contributed by atoms with E-state index in [2.05, 4.69) is 0 Å². The number of nitrogens with zero attached hydrogens (tertiary/aromatic N) is 1. The summed E-state index contributed by atoms with van der Waals surface area (Å²) in [5.74, 6) is -0.734. The third kappa shape index (κ3) is 4.89. The van der Waals surface area contributed by atoms with Gasteiger partial charge >= 0.3 is 0 Å². The summed E-state index contributed by atoms with van der Waals surface area (Å²) in [5.41, 5.74) is -0.640. The fourth-order valence-electron chi connectivity index (χ4n) is 4.79. The number of piperidine rings is 1. The van der Waals surface area contributed by atoms with E-state index in [1.807, 2.05) is 13.8 Å². The third-order valence-corrected chi connectivity index (χ3v) is 6.48. The summed E-state index contributed by atoms with van der Waals surface area (Å²) >= 11 is 0. The van der Waals surface area contributed by atoms with E-state index >= 15 is 0 Å². The normalized spacial score (nSPS) is 20.0. The van der Waals surface area contributed by atoms with Crippen molar-refractivity contribution in [2.45, 2.75) is 70.4 Å². The fourth-order valence-corrected chi connectivity index (χ4v) is 4.79. The lowest BCUT2D eigenvalue weighted by molar-refractivity contribution is -0.0873. The van der Waals surface area contributed by atoms with Crippen molar-refractivity contribution in [3.8, 4) is 5.75 Å². The molecule has 180 valence electrons. The Kier molecular flexibility index (Phi) is 6.22. The average molecular weight is 462 g/mol. The number of benzene rings is 2. The van der Waals surface area contributed by atoms with Crippen molar-refractivity contribution in [3.05, 3.63) is 64.7 Å². The maximum absolute atomic E-state index is 14.5. The van der Waals surface area contributed by atoms with Gasteiger partial charge in [0.2, 0.25) is 0 Å². The van der Waals surface area contributed by atoms with Crippen molar-refractivity contribution in [2.24, 2.45) is 0 Å². The Morgan fingerprint density at radius 1 is 1.21 bits per heavy atom. The van der Waals surface area contributed by atoms with Gasteiger partial charge in [0.25, 0.3) is 5.91 Å². The molecule has 4 rings (SSSR count). The largest absolute Gasteiger partial charge is 0.487 e. The van der Waals surface area contributed by atoms with Crippen LogP contribution in [-0.4, -0.2) is 40.7 Å². The number of aliphatic hydroxyl groups is 1. The van der Waals surface area contributed by atoms with Crippen molar-refractivity contribution < 1.29 is 29.6 Å². The molecule has 0 aromatic heterocycles. The zero-order chi connectivity index (χ0) is 24.0. The highest BCUT2D eigenvalue weighted by molar-refractivity contribution is 5.94. The van der Waals surface area contributed by atoms with Gasteiger partial charge in [-0.15, -0.1) is 0 Å². The van der Waals surface area contributed by atoms with Crippen LogP contribution in [0.3, 0.4) is 0 Å². The number of fused-ring (bicyclic) bond motifs is 1. The Morgan fingerprint density at radius 3 is 2.52 bits per heavy atom. The van der Waals surface area contributed by atoms with Crippen molar-refractivity contribution in [1.82, 2.24) is 4.90 Å². The summed E-state index contributed by atoms with van der Waals surface area (Å²) in [5, 5.41) is 10.1. The van der Waals surface area contributed by atoms with Gasteiger partial charge in [0, 0.05) is 56.5 Å². The van der Waals surface area contributed by atoms with Crippen LogP contribution in [0.25, 0.3) is 0 Å². The molecule has 1 fully saturated rings. The molecule has 5 nitrogen and oxygen atoms in total. The highest BCUT2D eigenvalue weighted by Gasteiger charge is 2.45. The second-order valence-electron chi connectivity index (χ2n) is 9.89. The maximum atomic E-state index is 14.5. The number of likely N-dealkylation sites (tertiary alicyclic amines) is 1. The topological polar surface area (TPSA) is 59.0 Å². The molecule has 1 atom stereocenters. The zero-order valence-electron chi connectivity index (χ0n) is 19.5. The molecule has 0 saturated carbocycles. The number of amides is 1. The summed E-state index contributed by atoms with van der Waals surface area (Å²) in [4.78, 5) is 14.7. The van der Waals surface area contributed by atoms with E-state index in [9.17, 15) is 18.7 Å². The quantitative estimate of drug-likeness (QED) is 0.666. The van der Waals surface area contributed by atoms with Crippen molar-refractivity contribution in [3.63, 3.8) is 0 Å². The summed E-state index contributed by atoms with van der Waals surface area (Å²) in [7, 11) is 0. The lowest BCUT2D eigenvalue weighted by Gasteiger charge is -2.47. The molecule has 0 unspecified atom stereocenters. The predicted molar refractivity (Wildman–Crippen MR) is 122 cm³/mol. The molecule has 1 saturated heterocycles. The van der Waals surface area contributed by atoms with Gasteiger partial charge in [0.1, 0.15) is 23.0 Å². The third-order valence-electron chi connectivity index (χ3n) is 6.48. The number of halogens is 2. The Bertz CT molecular complexity index is 1050. The van der Waals surface area contributed by atoms with Crippen LogP contribution in [0.4, 0.5) is 8.78 Å². The highest BCUT2D eigenvalue weighted by Crippen LogP contribution is 2.46. The van der Waals surface area contributed by atoms with E-state index in [1.54, 1.807) is 17.0 Å². The molecule has 1 N–H and O–H groups in total. The van der Waals surface area contributed by atoms with Crippen LogP contribution in [0.15, 0.2) is 36.4 Å². The molecule has 1 amide bonds. The molecule has 7 heteroatoms. The van der Waals surface area contributed by atoms with Crippen LogP contribution in [0.1, 0.15) is 76.0 Å². The molecule has 0 aliphatic carbocycles. The molecule has 2 aromatic carbocycles. The smallest absolute Gasteiger partial charge is 0.253 e. The van der Waals surface area contributed by atoms with Gasteiger partial charge in [-0.2, -0.15) is 0 Å². The SMILES string of the molecule is CC(C)O[C@H]1CC2(CCN(C(=O)c3ccc(C(C)(C)O)c(F)c3)CC2)Oc2cc(F)ccc21.[HH]. The van der Waals surface area contributed by atoms with E-state index in [4.69, 9.17) is 9.47 Å². The minimum atomic E-state index is -1.33. The van der Waals surface area contributed by atoms with Gasteiger partial charge in [-0.3, -0.25) is 4.79 Å². The highest BCUT2D eigenvalue weighted by atomic mass is 19.1. The number of carbonyl (C=O) groups is 1. The van der Waals surface area contributed by atoms with Gasteiger partial charge in [0.05, 0.1) is 17.8 Å². The minimum Gasteiger partial charge on any atom is -0.487 e. The first-order valence-electron chi connectivity index (χ1n) is 11.4. The van der Waals surface area contributed by atoms with Crippen LogP contribution in [0.2, 0.25) is 0 Å². The fraction of sp³-hybridized carbons (Fsp3) is 0.500. The Hall–Kier alpha value is -2.51. The van der Waals surface area contributed by atoms with Gasteiger partial charge in [-0.05, 0) is 52.0 Å². The molecule has 2 aliphatic rings. The molecule has 1 spiro atoms. The van der Waals surface area contributed by atoms with Crippen LogP contribution in [0.5, 0.6) is 5.75 Å². The molecule has 0 radical (unpaired) electrons.